The van der Waals surface area contributed by atoms with Gasteiger partial charge in [0.25, 0.3) is 0 Å². The molecule has 5 heteroatoms. The summed E-state index contributed by atoms with van der Waals surface area (Å²) in [6, 6.07) is -0.861. The van der Waals surface area contributed by atoms with Crippen LogP contribution < -0.4 is 5.32 Å². The second kappa shape index (κ2) is 6.59. The first-order chi connectivity index (χ1) is 6.17. The lowest BCUT2D eigenvalue weighted by atomic mass is 10.0. The van der Waals surface area contributed by atoms with Crippen LogP contribution in [0.25, 0.3) is 0 Å². The quantitative estimate of drug-likeness (QED) is 0.286. The highest BCUT2D eigenvalue weighted by molar-refractivity contribution is 5.47. The Morgan fingerprint density at radius 2 is 2.00 bits per heavy atom. The summed E-state index contributed by atoms with van der Waals surface area (Å²) >= 11 is 0. The van der Waals surface area contributed by atoms with Gasteiger partial charge in [-0.25, -0.2) is 0 Å². The molecule has 0 saturated carbocycles. The molecule has 0 aliphatic heterocycles. The van der Waals surface area contributed by atoms with Crippen molar-refractivity contribution in [2.75, 3.05) is 6.61 Å². The van der Waals surface area contributed by atoms with E-state index in [0.29, 0.717) is 6.41 Å². The number of hydrogen-bond donors (Lipinski definition) is 4. The van der Waals surface area contributed by atoms with Gasteiger partial charge < -0.3 is 20.6 Å². The zero-order chi connectivity index (χ0) is 10.3. The van der Waals surface area contributed by atoms with E-state index < -0.39 is 24.9 Å². The molecule has 4 N–H and O–H groups in total. The fourth-order valence-corrected chi connectivity index (χ4v) is 0.988. The molecule has 0 rings (SSSR count). The lowest BCUT2D eigenvalue weighted by Gasteiger charge is -2.24. The van der Waals surface area contributed by atoms with Crippen molar-refractivity contribution in [1.29, 1.82) is 0 Å². The number of aliphatic hydroxyl groups excluding tert-OH is 3. The van der Waals surface area contributed by atoms with Crippen LogP contribution in [0.15, 0.2) is 12.7 Å². The van der Waals surface area contributed by atoms with Crippen molar-refractivity contribution >= 4 is 6.41 Å². The van der Waals surface area contributed by atoms with E-state index in [4.69, 9.17) is 5.11 Å². The fourth-order valence-electron chi connectivity index (χ4n) is 0.988. The smallest absolute Gasteiger partial charge is 0.207 e. The SMILES string of the molecule is C=CC[C@H](O)[C@@H](NC=O)[C@@H](O)CO. The average molecular weight is 189 g/mol. The molecule has 0 saturated heterocycles. The summed E-state index contributed by atoms with van der Waals surface area (Å²) in [5.74, 6) is 0. The molecule has 13 heavy (non-hydrogen) atoms. The molecular formula is C8H15NO4. The van der Waals surface area contributed by atoms with Crippen LogP contribution in [-0.2, 0) is 4.79 Å². The maximum absolute atomic E-state index is 10.1. The lowest BCUT2D eigenvalue weighted by molar-refractivity contribution is -0.112. The number of nitrogens with one attached hydrogen (secondary N) is 1. The number of rotatable bonds is 7. The number of carbonyl (C=O) groups is 1. The summed E-state index contributed by atoms with van der Waals surface area (Å²) in [5, 5.41) is 29.4. The Morgan fingerprint density at radius 1 is 1.38 bits per heavy atom. The third-order valence-electron chi connectivity index (χ3n) is 1.68. The van der Waals surface area contributed by atoms with E-state index in [0.717, 1.165) is 0 Å². The highest BCUT2D eigenvalue weighted by Gasteiger charge is 2.24. The molecule has 0 aliphatic rings. The number of aliphatic hydroxyl groups is 3. The molecule has 5 nitrogen and oxygen atoms in total. The van der Waals surface area contributed by atoms with E-state index in [2.05, 4.69) is 11.9 Å². The maximum Gasteiger partial charge on any atom is 0.207 e. The minimum absolute atomic E-state index is 0.239. The highest BCUT2D eigenvalue weighted by Crippen LogP contribution is 2.04. The van der Waals surface area contributed by atoms with E-state index in [1.54, 1.807) is 0 Å². The Balaban J connectivity index is 4.20. The van der Waals surface area contributed by atoms with Gasteiger partial charge in [0, 0.05) is 0 Å². The maximum atomic E-state index is 10.1. The van der Waals surface area contributed by atoms with Crippen molar-refractivity contribution in [2.24, 2.45) is 0 Å². The summed E-state index contributed by atoms with van der Waals surface area (Å²) in [5.41, 5.74) is 0. The van der Waals surface area contributed by atoms with Gasteiger partial charge in [0.15, 0.2) is 0 Å². The van der Waals surface area contributed by atoms with Crippen LogP contribution in [0.2, 0.25) is 0 Å². The molecule has 0 aromatic rings. The Hall–Kier alpha value is -0.910. The van der Waals surface area contributed by atoms with Crippen molar-refractivity contribution in [2.45, 2.75) is 24.7 Å². The van der Waals surface area contributed by atoms with E-state index in [-0.39, 0.29) is 6.42 Å². The van der Waals surface area contributed by atoms with Crippen LogP contribution >= 0.6 is 0 Å². The third kappa shape index (κ3) is 4.02. The van der Waals surface area contributed by atoms with Crippen molar-refractivity contribution in [1.82, 2.24) is 5.32 Å². The summed E-state index contributed by atoms with van der Waals surface area (Å²) < 4.78 is 0. The van der Waals surface area contributed by atoms with E-state index in [1.165, 1.54) is 6.08 Å². The minimum atomic E-state index is -1.17. The van der Waals surface area contributed by atoms with Crippen LogP contribution in [0, 0.1) is 0 Å². The summed E-state index contributed by atoms with van der Waals surface area (Å²) in [6.07, 6.45) is -0.0304. The summed E-state index contributed by atoms with van der Waals surface area (Å²) in [7, 11) is 0. The molecule has 0 heterocycles. The molecule has 76 valence electrons. The molecule has 0 spiro atoms. The second-order valence-electron chi connectivity index (χ2n) is 2.65. The predicted octanol–water partition coefficient (Wildman–Crippen LogP) is -1.61. The number of hydrogen-bond acceptors (Lipinski definition) is 4. The Bertz CT molecular complexity index is 162. The topological polar surface area (TPSA) is 89.8 Å². The standard InChI is InChI=1S/C8H15NO4/c1-2-3-6(12)8(9-5-11)7(13)4-10/h2,5-8,10,12-13H,1,3-4H2,(H,9,11)/t6-,7-,8+/m0/s1. The zero-order valence-electron chi connectivity index (χ0n) is 7.26. The molecule has 0 unspecified atom stereocenters. The first-order valence-electron chi connectivity index (χ1n) is 3.95. The highest BCUT2D eigenvalue weighted by atomic mass is 16.3. The molecular weight excluding hydrogens is 174 g/mol. The van der Waals surface area contributed by atoms with Crippen LogP contribution in [0.3, 0.4) is 0 Å². The van der Waals surface area contributed by atoms with E-state index in [1.807, 2.05) is 0 Å². The van der Waals surface area contributed by atoms with Crippen molar-refractivity contribution < 1.29 is 20.1 Å². The normalized spacial score (nSPS) is 17.2. The molecule has 0 bridgehead atoms. The Kier molecular flexibility index (Phi) is 6.13. The lowest BCUT2D eigenvalue weighted by Crippen LogP contribution is -2.49. The predicted molar refractivity (Wildman–Crippen MR) is 46.9 cm³/mol. The van der Waals surface area contributed by atoms with Crippen LogP contribution in [0.5, 0.6) is 0 Å². The monoisotopic (exact) mass is 189 g/mol. The average Bonchev–Trinajstić information content (AvgIpc) is 2.13. The van der Waals surface area contributed by atoms with Gasteiger partial charge in [0.2, 0.25) is 6.41 Å². The van der Waals surface area contributed by atoms with Crippen molar-refractivity contribution in [3.8, 4) is 0 Å². The Morgan fingerprint density at radius 3 is 2.38 bits per heavy atom. The van der Waals surface area contributed by atoms with Gasteiger partial charge in [-0.1, -0.05) is 6.08 Å². The summed E-state index contributed by atoms with van der Waals surface area (Å²) in [6.45, 7) is 2.89. The second-order valence-corrected chi connectivity index (χ2v) is 2.65. The summed E-state index contributed by atoms with van der Waals surface area (Å²) in [4.78, 5) is 10.1. The van der Waals surface area contributed by atoms with Gasteiger partial charge in [-0.05, 0) is 6.42 Å². The van der Waals surface area contributed by atoms with E-state index >= 15 is 0 Å². The molecule has 0 aromatic carbocycles. The molecule has 1 amide bonds. The molecule has 3 atom stereocenters. The van der Waals surface area contributed by atoms with E-state index in [9.17, 15) is 15.0 Å². The van der Waals surface area contributed by atoms with Gasteiger partial charge >= 0.3 is 0 Å². The molecule has 0 radical (unpaired) electrons. The zero-order valence-corrected chi connectivity index (χ0v) is 7.26. The fraction of sp³-hybridized carbons (Fsp3) is 0.625. The van der Waals surface area contributed by atoms with Crippen LogP contribution in [-0.4, -0.2) is 46.6 Å². The molecule has 0 aromatic heterocycles. The van der Waals surface area contributed by atoms with Crippen molar-refractivity contribution in [3.63, 3.8) is 0 Å². The van der Waals surface area contributed by atoms with Gasteiger partial charge in [-0.3, -0.25) is 4.79 Å². The number of amides is 1. The first-order valence-corrected chi connectivity index (χ1v) is 3.95. The third-order valence-corrected chi connectivity index (χ3v) is 1.68. The molecule has 0 fully saturated rings. The van der Waals surface area contributed by atoms with Gasteiger partial charge in [0.05, 0.1) is 24.9 Å². The van der Waals surface area contributed by atoms with Crippen LogP contribution in [0.4, 0.5) is 0 Å². The van der Waals surface area contributed by atoms with Gasteiger partial charge in [0.1, 0.15) is 0 Å². The van der Waals surface area contributed by atoms with Gasteiger partial charge in [-0.2, -0.15) is 0 Å². The molecule has 0 aliphatic carbocycles. The van der Waals surface area contributed by atoms with Gasteiger partial charge in [-0.15, -0.1) is 6.58 Å². The minimum Gasteiger partial charge on any atom is -0.394 e. The van der Waals surface area contributed by atoms with Crippen molar-refractivity contribution in [3.05, 3.63) is 12.7 Å². The number of carbonyl (C=O) groups excluding carboxylic acids is 1. The largest absolute Gasteiger partial charge is 0.394 e. The Labute approximate surface area is 76.7 Å². The van der Waals surface area contributed by atoms with Crippen LogP contribution in [0.1, 0.15) is 6.42 Å². The first kappa shape index (κ1) is 12.1.